The van der Waals surface area contributed by atoms with Crippen molar-refractivity contribution in [2.75, 3.05) is 6.54 Å². The Morgan fingerprint density at radius 3 is 2.67 bits per heavy atom. The van der Waals surface area contributed by atoms with Gasteiger partial charge in [-0.05, 0) is 12.0 Å². The van der Waals surface area contributed by atoms with Crippen LogP contribution in [0.1, 0.15) is 5.56 Å². The summed E-state index contributed by atoms with van der Waals surface area (Å²) in [7, 11) is 0. The molecule has 0 amide bonds. The second-order valence-electron chi connectivity index (χ2n) is 2.43. The summed E-state index contributed by atoms with van der Waals surface area (Å²) in [6, 6.07) is 10.3. The maximum Gasteiger partial charge on any atom is 0.0430 e. The first-order valence-corrected chi connectivity index (χ1v) is 4.38. The van der Waals surface area contributed by atoms with Crippen molar-refractivity contribution in [3.8, 4) is 0 Å². The number of hydrogen-bond acceptors (Lipinski definition) is 2. The normalized spacial score (nSPS) is 10.3. The monoisotopic (exact) mass is 177 g/mol. The molecule has 0 aromatic heterocycles. The van der Waals surface area contributed by atoms with Gasteiger partial charge in [-0.25, -0.2) is 0 Å². The van der Waals surface area contributed by atoms with Crippen LogP contribution < -0.4 is 0 Å². The van der Waals surface area contributed by atoms with Gasteiger partial charge in [0.05, 0.1) is 0 Å². The second kappa shape index (κ2) is 5.61. The fourth-order valence-electron chi connectivity index (χ4n) is 0.956. The van der Waals surface area contributed by atoms with Crippen molar-refractivity contribution in [3.05, 3.63) is 35.9 Å². The Hall–Kier alpha value is -1.02. The molecule has 0 unspecified atom stereocenters. The Morgan fingerprint density at radius 1 is 1.25 bits per heavy atom. The number of rotatable bonds is 4. The lowest BCUT2D eigenvalue weighted by atomic mass is 10.2. The van der Waals surface area contributed by atoms with E-state index in [0.717, 1.165) is 13.0 Å². The van der Waals surface area contributed by atoms with Gasteiger partial charge in [0.1, 0.15) is 0 Å². The standard InChI is InChI=1S/C10H11NS/c12-9-8-11-7-6-10-4-2-1-3-5-10/h1-5,8-9H,6-7H2. The molecular formula is C10H11NS. The first kappa shape index (κ1) is 9.07. The van der Waals surface area contributed by atoms with Gasteiger partial charge in [-0.2, -0.15) is 0 Å². The summed E-state index contributed by atoms with van der Waals surface area (Å²) in [5.74, 6) is 0. The Kier molecular flexibility index (Phi) is 4.24. The van der Waals surface area contributed by atoms with E-state index in [0.29, 0.717) is 0 Å². The van der Waals surface area contributed by atoms with E-state index in [1.165, 1.54) is 10.9 Å². The van der Waals surface area contributed by atoms with E-state index < -0.39 is 0 Å². The van der Waals surface area contributed by atoms with Gasteiger partial charge in [-0.1, -0.05) is 42.5 Å². The first-order valence-electron chi connectivity index (χ1n) is 3.91. The van der Waals surface area contributed by atoms with Crippen LogP contribution in [0, 0.1) is 0 Å². The van der Waals surface area contributed by atoms with E-state index in [-0.39, 0.29) is 0 Å². The number of aliphatic imine (C=N–C) groups is 1. The highest BCUT2D eigenvalue weighted by atomic mass is 32.1. The molecule has 62 valence electrons. The topological polar surface area (TPSA) is 12.4 Å². The average molecular weight is 177 g/mol. The van der Waals surface area contributed by atoms with Gasteiger partial charge in [-0.3, -0.25) is 4.99 Å². The minimum absolute atomic E-state index is 0.817. The molecule has 0 aliphatic heterocycles. The lowest BCUT2D eigenvalue weighted by Gasteiger charge is -1.95. The molecule has 0 heterocycles. The fraction of sp³-hybridized carbons (Fsp3) is 0.200. The maximum atomic E-state index is 4.61. The molecule has 12 heavy (non-hydrogen) atoms. The third-order valence-corrected chi connectivity index (χ3v) is 1.66. The number of benzene rings is 1. The van der Waals surface area contributed by atoms with Gasteiger partial charge in [0.25, 0.3) is 0 Å². The summed E-state index contributed by atoms with van der Waals surface area (Å²) in [5.41, 5.74) is 1.32. The molecule has 0 saturated heterocycles. The summed E-state index contributed by atoms with van der Waals surface area (Å²) in [6.45, 7) is 0.817. The number of thiocarbonyl (C=S) groups is 1. The summed E-state index contributed by atoms with van der Waals surface area (Å²) in [4.78, 5) is 4.10. The summed E-state index contributed by atoms with van der Waals surface area (Å²) >= 11 is 4.61. The first-order chi connectivity index (χ1) is 5.93. The smallest absolute Gasteiger partial charge is 0.0430 e. The van der Waals surface area contributed by atoms with Crippen molar-refractivity contribution in [2.24, 2.45) is 4.99 Å². The second-order valence-corrected chi connectivity index (χ2v) is 2.70. The fourth-order valence-corrected chi connectivity index (χ4v) is 1.04. The largest absolute Gasteiger partial charge is 0.292 e. The molecule has 0 saturated carbocycles. The molecule has 1 aromatic rings. The van der Waals surface area contributed by atoms with Crippen molar-refractivity contribution in [2.45, 2.75) is 6.42 Å². The van der Waals surface area contributed by atoms with E-state index in [4.69, 9.17) is 0 Å². The molecular weight excluding hydrogens is 166 g/mol. The Morgan fingerprint density at radius 2 is 2.00 bits per heavy atom. The van der Waals surface area contributed by atoms with Crippen molar-refractivity contribution < 1.29 is 0 Å². The number of hydrogen-bond donors (Lipinski definition) is 0. The van der Waals surface area contributed by atoms with E-state index in [2.05, 4.69) is 29.3 Å². The molecule has 1 nitrogen and oxygen atoms in total. The molecule has 0 fully saturated rings. The molecule has 1 rings (SSSR count). The van der Waals surface area contributed by atoms with Crippen molar-refractivity contribution >= 4 is 23.8 Å². The zero-order valence-electron chi connectivity index (χ0n) is 6.81. The van der Waals surface area contributed by atoms with Crippen LogP contribution >= 0.6 is 12.2 Å². The summed E-state index contributed by atoms with van der Waals surface area (Å²) < 4.78 is 0. The van der Waals surface area contributed by atoms with Crippen LogP contribution in [-0.4, -0.2) is 18.1 Å². The summed E-state index contributed by atoms with van der Waals surface area (Å²) in [5, 5.41) is 1.53. The molecule has 1 aromatic carbocycles. The van der Waals surface area contributed by atoms with E-state index >= 15 is 0 Å². The molecule has 2 heteroatoms. The van der Waals surface area contributed by atoms with Gasteiger partial charge in [0.15, 0.2) is 0 Å². The Labute approximate surface area is 78.1 Å². The lowest BCUT2D eigenvalue weighted by molar-refractivity contribution is 0.975. The van der Waals surface area contributed by atoms with Gasteiger partial charge >= 0.3 is 0 Å². The lowest BCUT2D eigenvalue weighted by Crippen LogP contribution is -1.88. The molecule has 0 bridgehead atoms. The van der Waals surface area contributed by atoms with Crippen LogP contribution in [0.2, 0.25) is 0 Å². The number of nitrogens with zero attached hydrogens (tertiary/aromatic N) is 1. The van der Waals surface area contributed by atoms with Crippen LogP contribution in [0.15, 0.2) is 35.3 Å². The van der Waals surface area contributed by atoms with E-state index in [1.807, 2.05) is 18.2 Å². The van der Waals surface area contributed by atoms with Gasteiger partial charge in [-0.15, -0.1) is 0 Å². The van der Waals surface area contributed by atoms with Crippen molar-refractivity contribution in [1.29, 1.82) is 0 Å². The predicted molar refractivity (Wildman–Crippen MR) is 57.2 cm³/mol. The third-order valence-electron chi connectivity index (χ3n) is 1.54. The highest BCUT2D eigenvalue weighted by Gasteiger charge is 1.87. The van der Waals surface area contributed by atoms with Crippen molar-refractivity contribution in [1.82, 2.24) is 0 Å². The molecule has 0 N–H and O–H groups in total. The predicted octanol–water partition coefficient (Wildman–Crippen LogP) is 2.30. The van der Waals surface area contributed by atoms with Gasteiger partial charge in [0.2, 0.25) is 0 Å². The van der Waals surface area contributed by atoms with Crippen LogP contribution in [0.4, 0.5) is 0 Å². The van der Waals surface area contributed by atoms with Crippen LogP contribution in [-0.2, 0) is 6.42 Å². The molecule has 0 radical (unpaired) electrons. The Balaban J connectivity index is 2.33. The van der Waals surface area contributed by atoms with Crippen LogP contribution in [0.3, 0.4) is 0 Å². The molecule has 0 atom stereocenters. The highest BCUT2D eigenvalue weighted by molar-refractivity contribution is 7.80. The Bertz CT molecular complexity index is 254. The minimum Gasteiger partial charge on any atom is -0.292 e. The highest BCUT2D eigenvalue weighted by Crippen LogP contribution is 1.98. The van der Waals surface area contributed by atoms with Gasteiger partial charge in [0, 0.05) is 18.1 Å². The quantitative estimate of drug-likeness (QED) is 0.508. The van der Waals surface area contributed by atoms with Crippen LogP contribution in [0.25, 0.3) is 0 Å². The maximum absolute atomic E-state index is 4.61. The molecule has 0 spiro atoms. The zero-order chi connectivity index (χ0) is 8.65. The summed E-state index contributed by atoms with van der Waals surface area (Å²) in [6.07, 6.45) is 2.65. The van der Waals surface area contributed by atoms with Crippen molar-refractivity contribution in [3.63, 3.8) is 0 Å². The molecule has 0 aliphatic rings. The van der Waals surface area contributed by atoms with E-state index in [1.54, 1.807) is 6.21 Å². The van der Waals surface area contributed by atoms with Crippen LogP contribution in [0.5, 0.6) is 0 Å². The van der Waals surface area contributed by atoms with E-state index in [9.17, 15) is 0 Å². The zero-order valence-corrected chi connectivity index (χ0v) is 7.63. The SMILES string of the molecule is S=CC=NCCc1ccccc1. The minimum atomic E-state index is 0.817. The molecule has 0 aliphatic carbocycles. The third kappa shape index (κ3) is 3.39. The van der Waals surface area contributed by atoms with Gasteiger partial charge < -0.3 is 0 Å². The average Bonchev–Trinajstić information content (AvgIpc) is 2.14.